The van der Waals surface area contributed by atoms with Crippen molar-refractivity contribution in [2.24, 2.45) is 0 Å². The van der Waals surface area contributed by atoms with E-state index >= 15 is 0 Å². The summed E-state index contributed by atoms with van der Waals surface area (Å²) in [6.45, 7) is 2.00. The number of ether oxygens (including phenoxy) is 2. The number of rotatable bonds is 8. The Morgan fingerprint density at radius 1 is 1.14 bits per heavy atom. The van der Waals surface area contributed by atoms with E-state index in [9.17, 15) is 14.9 Å². The molecule has 0 saturated carbocycles. The maximum atomic E-state index is 12.7. The van der Waals surface area contributed by atoms with Crippen LogP contribution >= 0.6 is 34.2 Å². The molecule has 0 atom stereocenters. The van der Waals surface area contributed by atoms with Crippen LogP contribution in [0.4, 0.5) is 5.69 Å². The van der Waals surface area contributed by atoms with Crippen molar-refractivity contribution in [3.63, 3.8) is 0 Å². The Kier molecular flexibility index (Phi) is 9.29. The van der Waals surface area contributed by atoms with Crippen LogP contribution in [-0.4, -0.2) is 25.6 Å². The molecule has 3 aromatic carbocycles. The number of nitrogens with one attached hydrogen (secondary N) is 1. The summed E-state index contributed by atoms with van der Waals surface area (Å²) >= 11 is 8.53. The zero-order valence-corrected chi connectivity index (χ0v) is 22.0. The van der Waals surface area contributed by atoms with Crippen LogP contribution < -0.4 is 10.1 Å². The zero-order valence-electron chi connectivity index (χ0n) is 19.1. The SMILES string of the molecule is CCOC(=O)c1ccc(NC(=O)/C(C#N)=C/c2cc(I)c(Cc3ccccc3Cl)c(OC)c2)cc1. The van der Waals surface area contributed by atoms with Gasteiger partial charge in [0.15, 0.2) is 0 Å². The quantitative estimate of drug-likeness (QED) is 0.143. The monoisotopic (exact) mass is 600 g/mol. The van der Waals surface area contributed by atoms with Crippen molar-refractivity contribution < 1.29 is 19.1 Å². The Bertz CT molecular complexity index is 1310. The summed E-state index contributed by atoms with van der Waals surface area (Å²) in [4.78, 5) is 24.5. The summed E-state index contributed by atoms with van der Waals surface area (Å²) in [5.41, 5.74) is 3.34. The van der Waals surface area contributed by atoms with Gasteiger partial charge in [-0.25, -0.2) is 4.79 Å². The first-order valence-corrected chi connectivity index (χ1v) is 12.1. The van der Waals surface area contributed by atoms with Crippen LogP contribution in [0.25, 0.3) is 6.08 Å². The Hall–Kier alpha value is -3.35. The lowest BCUT2D eigenvalue weighted by atomic mass is 10.0. The van der Waals surface area contributed by atoms with Crippen molar-refractivity contribution in [1.29, 1.82) is 5.26 Å². The van der Waals surface area contributed by atoms with E-state index in [0.29, 0.717) is 34.0 Å². The van der Waals surface area contributed by atoms with E-state index in [1.807, 2.05) is 36.4 Å². The summed E-state index contributed by atoms with van der Waals surface area (Å²) in [5, 5.41) is 12.9. The number of methoxy groups -OCH3 is 1. The van der Waals surface area contributed by atoms with Gasteiger partial charge in [0.05, 0.1) is 19.3 Å². The second-order valence-corrected chi connectivity index (χ2v) is 8.94. The van der Waals surface area contributed by atoms with E-state index in [-0.39, 0.29) is 12.2 Å². The molecule has 1 amide bonds. The van der Waals surface area contributed by atoms with Gasteiger partial charge in [0.25, 0.3) is 5.91 Å². The normalized spacial score (nSPS) is 10.9. The molecule has 0 radical (unpaired) electrons. The van der Waals surface area contributed by atoms with Gasteiger partial charge >= 0.3 is 5.97 Å². The van der Waals surface area contributed by atoms with Crippen molar-refractivity contribution in [2.75, 3.05) is 19.0 Å². The standard InChI is InChI=1S/C27H22ClIN2O4/c1-3-35-27(33)18-8-10-21(11-9-18)31-26(32)20(16-30)12-17-13-24(29)22(25(14-17)34-2)15-19-6-4-5-7-23(19)28/h4-14H,3,15H2,1-2H3,(H,31,32)/b20-12+. The first-order valence-electron chi connectivity index (χ1n) is 10.7. The van der Waals surface area contributed by atoms with Gasteiger partial charge in [-0.15, -0.1) is 0 Å². The van der Waals surface area contributed by atoms with Gasteiger partial charge in [0.2, 0.25) is 0 Å². The highest BCUT2D eigenvalue weighted by atomic mass is 127. The minimum atomic E-state index is -0.564. The van der Waals surface area contributed by atoms with Crippen molar-refractivity contribution in [1.82, 2.24) is 0 Å². The summed E-state index contributed by atoms with van der Waals surface area (Å²) in [7, 11) is 1.58. The molecule has 3 rings (SSSR count). The average molecular weight is 601 g/mol. The molecule has 0 aliphatic heterocycles. The molecule has 6 nitrogen and oxygen atoms in total. The molecule has 35 heavy (non-hydrogen) atoms. The molecule has 0 heterocycles. The van der Waals surface area contributed by atoms with Crippen molar-refractivity contribution in [3.05, 3.63) is 97.1 Å². The predicted octanol–water partition coefficient (Wildman–Crippen LogP) is 6.27. The third-order valence-corrected chi connectivity index (χ3v) is 6.38. The van der Waals surface area contributed by atoms with Crippen molar-refractivity contribution >= 4 is 57.8 Å². The van der Waals surface area contributed by atoms with Gasteiger partial charge in [0.1, 0.15) is 17.4 Å². The van der Waals surface area contributed by atoms with Gasteiger partial charge in [-0.3, -0.25) is 4.79 Å². The van der Waals surface area contributed by atoms with E-state index in [1.165, 1.54) is 6.08 Å². The van der Waals surface area contributed by atoms with Gasteiger partial charge in [-0.2, -0.15) is 5.26 Å². The van der Waals surface area contributed by atoms with Crippen LogP contribution in [0.1, 0.15) is 34.0 Å². The number of anilines is 1. The molecule has 0 spiro atoms. The fourth-order valence-electron chi connectivity index (χ4n) is 3.32. The highest BCUT2D eigenvalue weighted by Crippen LogP contribution is 2.31. The average Bonchev–Trinajstić information content (AvgIpc) is 2.85. The van der Waals surface area contributed by atoms with Crippen LogP contribution in [0.5, 0.6) is 5.75 Å². The number of carbonyl (C=O) groups is 2. The highest BCUT2D eigenvalue weighted by molar-refractivity contribution is 14.1. The van der Waals surface area contributed by atoms with E-state index in [0.717, 1.165) is 14.7 Å². The van der Waals surface area contributed by atoms with Gasteiger partial charge in [0, 0.05) is 26.3 Å². The minimum absolute atomic E-state index is 0.0730. The number of esters is 1. The second kappa shape index (κ2) is 12.4. The maximum absolute atomic E-state index is 12.7. The van der Waals surface area contributed by atoms with Crippen molar-refractivity contribution in [3.8, 4) is 11.8 Å². The van der Waals surface area contributed by atoms with E-state index in [2.05, 4.69) is 27.9 Å². The molecule has 0 unspecified atom stereocenters. The minimum Gasteiger partial charge on any atom is -0.496 e. The van der Waals surface area contributed by atoms with E-state index in [1.54, 1.807) is 44.4 Å². The molecule has 0 aliphatic rings. The molecule has 0 saturated heterocycles. The predicted molar refractivity (Wildman–Crippen MR) is 145 cm³/mol. The third kappa shape index (κ3) is 6.84. The molecule has 0 fully saturated rings. The zero-order chi connectivity index (χ0) is 25.4. The maximum Gasteiger partial charge on any atom is 0.338 e. The van der Waals surface area contributed by atoms with Gasteiger partial charge in [-0.1, -0.05) is 29.8 Å². The molecular formula is C27H22ClIN2O4. The molecule has 0 bridgehead atoms. The lowest BCUT2D eigenvalue weighted by molar-refractivity contribution is -0.112. The number of amides is 1. The van der Waals surface area contributed by atoms with Gasteiger partial charge < -0.3 is 14.8 Å². The number of hydrogen-bond donors (Lipinski definition) is 1. The highest BCUT2D eigenvalue weighted by Gasteiger charge is 2.15. The number of hydrogen-bond acceptors (Lipinski definition) is 5. The molecule has 1 N–H and O–H groups in total. The first kappa shape index (κ1) is 26.3. The Morgan fingerprint density at radius 2 is 1.86 bits per heavy atom. The lowest BCUT2D eigenvalue weighted by Crippen LogP contribution is -2.13. The number of nitriles is 1. The number of halogens is 2. The summed E-state index contributed by atoms with van der Waals surface area (Å²) < 4.78 is 11.5. The van der Waals surface area contributed by atoms with Crippen LogP contribution in [-0.2, 0) is 16.0 Å². The number of benzene rings is 3. The third-order valence-electron chi connectivity index (χ3n) is 5.05. The summed E-state index contributed by atoms with van der Waals surface area (Å²) in [6, 6.07) is 19.5. The Balaban J connectivity index is 1.82. The smallest absolute Gasteiger partial charge is 0.338 e. The van der Waals surface area contributed by atoms with Crippen LogP contribution in [0.2, 0.25) is 5.02 Å². The van der Waals surface area contributed by atoms with Crippen LogP contribution in [0, 0.1) is 14.9 Å². The van der Waals surface area contributed by atoms with E-state index in [4.69, 9.17) is 21.1 Å². The number of nitrogens with zero attached hydrogens (tertiary/aromatic N) is 1. The summed E-state index contributed by atoms with van der Waals surface area (Å²) in [6.07, 6.45) is 2.09. The Morgan fingerprint density at radius 3 is 2.49 bits per heavy atom. The van der Waals surface area contributed by atoms with Crippen LogP contribution in [0.3, 0.4) is 0 Å². The molecule has 8 heteroatoms. The fraction of sp³-hybridized carbons (Fsp3) is 0.148. The molecular weight excluding hydrogens is 579 g/mol. The first-order chi connectivity index (χ1) is 16.9. The topological polar surface area (TPSA) is 88.4 Å². The second-order valence-electron chi connectivity index (χ2n) is 7.37. The molecule has 3 aromatic rings. The molecule has 0 aliphatic carbocycles. The molecule has 178 valence electrons. The Labute approximate surface area is 222 Å². The van der Waals surface area contributed by atoms with Crippen molar-refractivity contribution in [2.45, 2.75) is 13.3 Å². The van der Waals surface area contributed by atoms with E-state index < -0.39 is 11.9 Å². The fourth-order valence-corrected chi connectivity index (χ4v) is 4.34. The van der Waals surface area contributed by atoms with Crippen LogP contribution in [0.15, 0.2) is 66.2 Å². The largest absolute Gasteiger partial charge is 0.496 e. The van der Waals surface area contributed by atoms with Gasteiger partial charge in [-0.05, 0) is 89.2 Å². The number of carbonyl (C=O) groups excluding carboxylic acids is 2. The lowest BCUT2D eigenvalue weighted by Gasteiger charge is -2.13. The molecule has 0 aromatic heterocycles. The summed E-state index contributed by atoms with van der Waals surface area (Å²) in [5.74, 6) is -0.370.